The summed E-state index contributed by atoms with van der Waals surface area (Å²) in [5, 5.41) is 6.10. The number of guanidine groups is 1. The van der Waals surface area contributed by atoms with Crippen molar-refractivity contribution in [2.45, 2.75) is 39.5 Å². The molecule has 0 saturated carbocycles. The van der Waals surface area contributed by atoms with Gasteiger partial charge in [0, 0.05) is 32.6 Å². The van der Waals surface area contributed by atoms with Crippen LogP contribution in [0.4, 0.5) is 0 Å². The zero-order valence-electron chi connectivity index (χ0n) is 15.0. The molecule has 0 aromatic rings. The Kier molecular flexibility index (Phi) is 12.7. The second-order valence-electron chi connectivity index (χ2n) is 5.62. The zero-order valence-corrected chi connectivity index (χ0v) is 17.3. The van der Waals surface area contributed by atoms with Crippen LogP contribution in [0.1, 0.15) is 39.5 Å². The Balaban J connectivity index is 0.00000529. The lowest BCUT2D eigenvalue weighted by Gasteiger charge is -2.33. The van der Waals surface area contributed by atoms with Crippen LogP contribution in [-0.4, -0.2) is 62.6 Å². The van der Waals surface area contributed by atoms with Crippen LogP contribution in [0.2, 0.25) is 0 Å². The number of rotatable bonds is 7. The van der Waals surface area contributed by atoms with Gasteiger partial charge in [-0.15, -0.1) is 24.0 Å². The van der Waals surface area contributed by atoms with Gasteiger partial charge in [-0.25, -0.2) is 0 Å². The standard InChI is InChI=1S/C16H30N4O3.HI/c1-4-9-18-14(21)6-10-19-16(17-5-2)20-11-7-13(8-12-20)15(22)23-3;/h13H,4-12H2,1-3H3,(H,17,19)(H,18,21);1H. The van der Waals surface area contributed by atoms with Gasteiger partial charge in [0.15, 0.2) is 5.96 Å². The number of nitrogens with one attached hydrogen (secondary N) is 2. The van der Waals surface area contributed by atoms with Crippen molar-refractivity contribution in [3.63, 3.8) is 0 Å². The van der Waals surface area contributed by atoms with Gasteiger partial charge in [0.25, 0.3) is 0 Å². The minimum Gasteiger partial charge on any atom is -0.469 e. The predicted molar refractivity (Wildman–Crippen MR) is 106 cm³/mol. The maximum absolute atomic E-state index is 11.6. The highest BCUT2D eigenvalue weighted by molar-refractivity contribution is 14.0. The lowest BCUT2D eigenvalue weighted by atomic mass is 9.97. The van der Waals surface area contributed by atoms with Crippen molar-refractivity contribution in [2.75, 3.05) is 39.8 Å². The van der Waals surface area contributed by atoms with Gasteiger partial charge in [0.05, 0.1) is 19.6 Å². The number of piperidine rings is 1. The van der Waals surface area contributed by atoms with E-state index in [0.29, 0.717) is 19.5 Å². The van der Waals surface area contributed by atoms with Gasteiger partial charge in [-0.1, -0.05) is 6.92 Å². The van der Waals surface area contributed by atoms with Gasteiger partial charge in [0.2, 0.25) is 5.91 Å². The summed E-state index contributed by atoms with van der Waals surface area (Å²) in [6, 6.07) is 0. The SMILES string of the molecule is CCCNC(=O)CCN=C(NCC)N1CCC(C(=O)OC)CC1.I. The molecule has 1 saturated heterocycles. The summed E-state index contributed by atoms with van der Waals surface area (Å²) in [5.74, 6) is 0.716. The first-order valence-corrected chi connectivity index (χ1v) is 8.50. The van der Waals surface area contributed by atoms with Gasteiger partial charge in [-0.05, 0) is 26.2 Å². The summed E-state index contributed by atoms with van der Waals surface area (Å²) < 4.78 is 4.81. The minimum absolute atomic E-state index is 0. The van der Waals surface area contributed by atoms with E-state index in [1.165, 1.54) is 7.11 Å². The van der Waals surface area contributed by atoms with Crippen molar-refractivity contribution in [3.05, 3.63) is 0 Å². The zero-order chi connectivity index (χ0) is 17.1. The number of hydrogen-bond donors (Lipinski definition) is 2. The fourth-order valence-corrected chi connectivity index (χ4v) is 2.54. The van der Waals surface area contributed by atoms with Crippen LogP contribution in [0.5, 0.6) is 0 Å². The molecule has 1 heterocycles. The maximum atomic E-state index is 11.6. The number of methoxy groups -OCH3 is 1. The highest BCUT2D eigenvalue weighted by atomic mass is 127. The van der Waals surface area contributed by atoms with E-state index in [1.807, 2.05) is 13.8 Å². The third-order valence-electron chi connectivity index (χ3n) is 3.84. The molecule has 1 aliphatic rings. The lowest BCUT2D eigenvalue weighted by Crippen LogP contribution is -2.46. The van der Waals surface area contributed by atoms with Gasteiger partial charge in [-0.2, -0.15) is 0 Å². The summed E-state index contributed by atoms with van der Waals surface area (Å²) in [6.07, 6.45) is 2.88. The Morgan fingerprint density at radius 3 is 2.42 bits per heavy atom. The van der Waals surface area contributed by atoms with E-state index in [-0.39, 0.29) is 41.8 Å². The normalized spacial score (nSPS) is 15.5. The monoisotopic (exact) mass is 454 g/mol. The number of hydrogen-bond acceptors (Lipinski definition) is 4. The molecule has 7 nitrogen and oxygen atoms in total. The number of likely N-dealkylation sites (tertiary alicyclic amines) is 1. The molecule has 8 heteroatoms. The number of nitrogens with zero attached hydrogens (tertiary/aromatic N) is 2. The van der Waals surface area contributed by atoms with E-state index in [2.05, 4.69) is 20.5 Å². The largest absolute Gasteiger partial charge is 0.469 e. The number of ether oxygens (including phenoxy) is 1. The van der Waals surface area contributed by atoms with Crippen LogP contribution < -0.4 is 10.6 Å². The number of esters is 1. The second kappa shape index (κ2) is 13.3. The molecule has 1 aliphatic heterocycles. The molecule has 0 spiro atoms. The Morgan fingerprint density at radius 2 is 1.88 bits per heavy atom. The molecule has 0 radical (unpaired) electrons. The van der Waals surface area contributed by atoms with E-state index >= 15 is 0 Å². The summed E-state index contributed by atoms with van der Waals surface area (Å²) in [4.78, 5) is 29.8. The molecule has 0 bridgehead atoms. The molecule has 2 N–H and O–H groups in total. The molecular formula is C16H31IN4O3. The lowest BCUT2D eigenvalue weighted by molar-refractivity contribution is -0.146. The summed E-state index contributed by atoms with van der Waals surface area (Å²) >= 11 is 0. The molecule has 1 amide bonds. The van der Waals surface area contributed by atoms with Crippen LogP contribution in [-0.2, 0) is 14.3 Å². The van der Waals surface area contributed by atoms with Crippen LogP contribution in [0.25, 0.3) is 0 Å². The molecule has 140 valence electrons. The predicted octanol–water partition coefficient (Wildman–Crippen LogP) is 1.37. The number of carbonyl (C=O) groups excluding carboxylic acids is 2. The summed E-state index contributed by atoms with van der Waals surface area (Å²) in [5.41, 5.74) is 0. The molecular weight excluding hydrogens is 423 g/mol. The average molecular weight is 454 g/mol. The van der Waals surface area contributed by atoms with E-state index in [9.17, 15) is 9.59 Å². The molecule has 0 aliphatic carbocycles. The van der Waals surface area contributed by atoms with Crippen LogP contribution in [0, 0.1) is 5.92 Å². The van der Waals surface area contributed by atoms with E-state index in [0.717, 1.165) is 44.9 Å². The minimum atomic E-state index is -0.126. The smallest absolute Gasteiger partial charge is 0.308 e. The maximum Gasteiger partial charge on any atom is 0.308 e. The van der Waals surface area contributed by atoms with Crippen LogP contribution in [0.3, 0.4) is 0 Å². The third kappa shape index (κ3) is 8.16. The van der Waals surface area contributed by atoms with Gasteiger partial charge >= 0.3 is 5.97 Å². The second-order valence-corrected chi connectivity index (χ2v) is 5.62. The Morgan fingerprint density at radius 1 is 1.21 bits per heavy atom. The summed E-state index contributed by atoms with van der Waals surface area (Å²) in [6.45, 7) is 7.54. The summed E-state index contributed by atoms with van der Waals surface area (Å²) in [7, 11) is 1.43. The molecule has 0 aromatic heterocycles. The van der Waals surface area contributed by atoms with Crippen molar-refractivity contribution < 1.29 is 14.3 Å². The molecule has 1 fully saturated rings. The van der Waals surface area contributed by atoms with E-state index in [1.54, 1.807) is 0 Å². The fraction of sp³-hybridized carbons (Fsp3) is 0.812. The fourth-order valence-electron chi connectivity index (χ4n) is 2.54. The van der Waals surface area contributed by atoms with Crippen molar-refractivity contribution in [3.8, 4) is 0 Å². The van der Waals surface area contributed by atoms with Crippen LogP contribution >= 0.6 is 24.0 Å². The molecule has 0 atom stereocenters. The highest BCUT2D eigenvalue weighted by Crippen LogP contribution is 2.18. The first kappa shape index (κ1) is 22.9. The number of aliphatic imine (C=N–C) groups is 1. The number of carbonyl (C=O) groups is 2. The number of amides is 1. The highest BCUT2D eigenvalue weighted by Gasteiger charge is 2.26. The quantitative estimate of drug-likeness (QED) is 0.263. The number of halogens is 1. The van der Waals surface area contributed by atoms with Gasteiger partial charge in [0.1, 0.15) is 0 Å². The van der Waals surface area contributed by atoms with Gasteiger partial charge < -0.3 is 20.3 Å². The molecule has 1 rings (SSSR count). The van der Waals surface area contributed by atoms with Crippen molar-refractivity contribution in [1.82, 2.24) is 15.5 Å². The Bertz CT molecular complexity index is 410. The Hall–Kier alpha value is -1.06. The van der Waals surface area contributed by atoms with Crippen molar-refractivity contribution in [1.29, 1.82) is 0 Å². The average Bonchev–Trinajstić information content (AvgIpc) is 2.58. The molecule has 24 heavy (non-hydrogen) atoms. The van der Waals surface area contributed by atoms with Crippen molar-refractivity contribution >= 4 is 41.8 Å². The topological polar surface area (TPSA) is 83.0 Å². The molecule has 0 unspecified atom stereocenters. The first-order valence-electron chi connectivity index (χ1n) is 8.50. The first-order chi connectivity index (χ1) is 11.1. The third-order valence-corrected chi connectivity index (χ3v) is 3.84. The van der Waals surface area contributed by atoms with Crippen LogP contribution in [0.15, 0.2) is 4.99 Å². The van der Waals surface area contributed by atoms with Crippen molar-refractivity contribution in [2.24, 2.45) is 10.9 Å². The Labute approximate surface area is 162 Å². The van der Waals surface area contributed by atoms with Gasteiger partial charge in [-0.3, -0.25) is 14.6 Å². The molecule has 0 aromatic carbocycles. The van der Waals surface area contributed by atoms with E-state index < -0.39 is 0 Å². The van der Waals surface area contributed by atoms with E-state index in [4.69, 9.17) is 4.74 Å².